The zero-order valence-electron chi connectivity index (χ0n) is 9.49. The summed E-state index contributed by atoms with van der Waals surface area (Å²) in [4.78, 5) is 10.9. The van der Waals surface area contributed by atoms with Gasteiger partial charge in [-0.1, -0.05) is 12.5 Å². The van der Waals surface area contributed by atoms with Crippen molar-refractivity contribution in [2.75, 3.05) is 7.11 Å². The van der Waals surface area contributed by atoms with E-state index in [1.165, 1.54) is 13.3 Å². The van der Waals surface area contributed by atoms with Gasteiger partial charge in [0, 0.05) is 24.3 Å². The predicted molar refractivity (Wildman–Crippen MR) is 58.9 cm³/mol. The normalized spacial score (nSPS) is 31.3. The minimum atomic E-state index is -0.208. The molecule has 4 heteroatoms. The van der Waals surface area contributed by atoms with E-state index in [4.69, 9.17) is 9.47 Å². The highest BCUT2D eigenvalue weighted by Crippen LogP contribution is 2.31. The number of hydrogen-bond acceptors (Lipinski definition) is 3. The van der Waals surface area contributed by atoms with Crippen molar-refractivity contribution in [2.24, 2.45) is 5.92 Å². The lowest BCUT2D eigenvalue weighted by atomic mass is 9.83. The molecule has 1 saturated carbocycles. The lowest BCUT2D eigenvalue weighted by molar-refractivity contribution is -0.158. The van der Waals surface area contributed by atoms with Gasteiger partial charge >= 0.3 is 5.97 Å². The van der Waals surface area contributed by atoms with Gasteiger partial charge < -0.3 is 9.47 Å². The Morgan fingerprint density at radius 2 is 2.13 bits per heavy atom. The van der Waals surface area contributed by atoms with Crippen molar-refractivity contribution in [3.8, 4) is 0 Å². The summed E-state index contributed by atoms with van der Waals surface area (Å²) in [6, 6.07) is 1.03. The molecule has 3 nitrogen and oxygen atoms in total. The first-order chi connectivity index (χ1) is 7.17. The highest BCUT2D eigenvalue weighted by atomic mass is 28.1. The Bertz CT molecular complexity index is 208. The van der Waals surface area contributed by atoms with E-state index >= 15 is 0 Å². The largest absolute Gasteiger partial charge is 0.460 e. The Balaban J connectivity index is 2.45. The van der Waals surface area contributed by atoms with Crippen molar-refractivity contribution >= 4 is 16.2 Å². The molecule has 1 rings (SSSR count). The first kappa shape index (κ1) is 12.7. The molecule has 3 atom stereocenters. The third-order valence-electron chi connectivity index (χ3n) is 3.01. The van der Waals surface area contributed by atoms with Gasteiger partial charge in [-0.05, 0) is 25.2 Å². The van der Waals surface area contributed by atoms with Crippen LogP contribution in [-0.2, 0) is 14.3 Å². The zero-order chi connectivity index (χ0) is 11.3. The summed E-state index contributed by atoms with van der Waals surface area (Å²) in [5.41, 5.74) is 0. The second-order valence-electron chi connectivity index (χ2n) is 4.14. The number of rotatable bonds is 4. The van der Waals surface area contributed by atoms with Crippen LogP contribution in [0.1, 0.15) is 32.6 Å². The molecule has 85 valence electrons. The molecular weight excluding hydrogens is 208 g/mol. The number of hydrogen-bond donors (Lipinski definition) is 0. The van der Waals surface area contributed by atoms with Crippen LogP contribution in [0.5, 0.6) is 0 Å². The lowest BCUT2D eigenvalue weighted by Crippen LogP contribution is -2.38. The fourth-order valence-corrected chi connectivity index (χ4v) is 2.65. The van der Waals surface area contributed by atoms with Crippen LogP contribution in [0.15, 0.2) is 0 Å². The van der Waals surface area contributed by atoms with E-state index in [9.17, 15) is 4.79 Å². The van der Waals surface area contributed by atoms with Crippen LogP contribution in [0.25, 0.3) is 0 Å². The van der Waals surface area contributed by atoms with Gasteiger partial charge in [-0.2, -0.15) is 0 Å². The van der Waals surface area contributed by atoms with E-state index < -0.39 is 0 Å². The minimum Gasteiger partial charge on any atom is -0.460 e. The van der Waals surface area contributed by atoms with Crippen LogP contribution < -0.4 is 0 Å². The van der Waals surface area contributed by atoms with Crippen molar-refractivity contribution in [2.45, 2.75) is 50.9 Å². The van der Waals surface area contributed by atoms with E-state index in [0.29, 0.717) is 5.92 Å². The zero-order valence-corrected chi connectivity index (χ0v) is 10.5. The van der Waals surface area contributed by atoms with Crippen molar-refractivity contribution in [1.82, 2.24) is 0 Å². The third-order valence-corrected chi connectivity index (χ3v) is 3.30. The van der Waals surface area contributed by atoms with Crippen LogP contribution in [0, 0.1) is 5.92 Å². The Morgan fingerprint density at radius 1 is 1.40 bits per heavy atom. The van der Waals surface area contributed by atoms with Crippen LogP contribution >= 0.6 is 0 Å². The average molecular weight is 227 g/mol. The summed E-state index contributed by atoms with van der Waals surface area (Å²) in [7, 11) is 5.19. The van der Waals surface area contributed by atoms with Gasteiger partial charge in [-0.25, -0.2) is 0 Å². The standard InChI is InChI=1S/C11H19O3Si/c1-8(12)14-10-4-3-9(5-6-15)7-11(10)13-2/h9-11H,3-7H2,1-2H3. The van der Waals surface area contributed by atoms with Crippen LogP contribution in [0.4, 0.5) is 0 Å². The Labute approximate surface area is 94.9 Å². The van der Waals surface area contributed by atoms with Crippen molar-refractivity contribution in [1.29, 1.82) is 0 Å². The SMILES string of the molecule is COC1CC(CC[Si])CCC1OC(C)=O. The first-order valence-electron chi connectivity index (χ1n) is 5.52. The molecule has 0 saturated heterocycles. The van der Waals surface area contributed by atoms with Gasteiger partial charge in [0.15, 0.2) is 0 Å². The molecule has 1 fully saturated rings. The second kappa shape index (κ2) is 6.28. The number of methoxy groups -OCH3 is 1. The smallest absolute Gasteiger partial charge is 0.302 e. The molecule has 0 aliphatic heterocycles. The quantitative estimate of drug-likeness (QED) is 0.542. The summed E-state index contributed by atoms with van der Waals surface area (Å²) in [6.45, 7) is 1.46. The molecule has 0 spiro atoms. The summed E-state index contributed by atoms with van der Waals surface area (Å²) in [5.74, 6) is 0.486. The van der Waals surface area contributed by atoms with Gasteiger partial charge in [0.05, 0.1) is 6.10 Å². The van der Waals surface area contributed by atoms with E-state index in [2.05, 4.69) is 10.2 Å². The van der Waals surface area contributed by atoms with Crippen LogP contribution in [0.2, 0.25) is 6.04 Å². The van der Waals surface area contributed by atoms with Gasteiger partial charge in [-0.3, -0.25) is 4.79 Å². The number of esters is 1. The van der Waals surface area contributed by atoms with Crippen molar-refractivity contribution < 1.29 is 14.3 Å². The summed E-state index contributed by atoms with van der Waals surface area (Å²) >= 11 is 0. The summed E-state index contributed by atoms with van der Waals surface area (Å²) in [5, 5.41) is 0. The molecule has 0 aromatic rings. The molecule has 0 amide bonds. The maximum atomic E-state index is 10.9. The Morgan fingerprint density at radius 3 is 2.67 bits per heavy atom. The van der Waals surface area contributed by atoms with Crippen molar-refractivity contribution in [3.63, 3.8) is 0 Å². The highest BCUT2D eigenvalue weighted by molar-refractivity contribution is 6.08. The lowest BCUT2D eigenvalue weighted by Gasteiger charge is -2.34. The molecule has 15 heavy (non-hydrogen) atoms. The highest BCUT2D eigenvalue weighted by Gasteiger charge is 2.32. The molecule has 0 heterocycles. The molecule has 0 bridgehead atoms. The topological polar surface area (TPSA) is 35.5 Å². The minimum absolute atomic E-state index is 0.0431. The maximum Gasteiger partial charge on any atom is 0.302 e. The summed E-state index contributed by atoms with van der Waals surface area (Å²) < 4.78 is 10.6. The second-order valence-corrected chi connectivity index (χ2v) is 4.64. The number of carbonyl (C=O) groups excluding carboxylic acids is 1. The number of carbonyl (C=O) groups is 1. The first-order valence-corrected chi connectivity index (χ1v) is 6.22. The Hall–Kier alpha value is -0.353. The number of ether oxygens (including phenoxy) is 2. The fourth-order valence-electron chi connectivity index (χ4n) is 2.25. The van der Waals surface area contributed by atoms with E-state index in [0.717, 1.165) is 25.3 Å². The van der Waals surface area contributed by atoms with Crippen molar-refractivity contribution in [3.05, 3.63) is 0 Å². The molecule has 0 aromatic heterocycles. The van der Waals surface area contributed by atoms with Gasteiger partial charge in [0.2, 0.25) is 0 Å². The molecular formula is C11H19O3Si. The molecule has 0 N–H and O–H groups in total. The Kier molecular flexibility index (Phi) is 5.32. The average Bonchev–Trinajstić information content (AvgIpc) is 2.20. The van der Waals surface area contributed by atoms with E-state index in [1.807, 2.05) is 0 Å². The molecule has 3 unspecified atom stereocenters. The molecule has 0 aromatic carbocycles. The van der Waals surface area contributed by atoms with Gasteiger partial charge in [0.25, 0.3) is 0 Å². The predicted octanol–water partition coefficient (Wildman–Crippen LogP) is 1.71. The van der Waals surface area contributed by atoms with Crippen LogP contribution in [-0.4, -0.2) is 35.5 Å². The molecule has 1 aliphatic rings. The molecule has 1 aliphatic carbocycles. The van der Waals surface area contributed by atoms with Crippen LogP contribution in [0.3, 0.4) is 0 Å². The van der Waals surface area contributed by atoms with E-state index in [1.54, 1.807) is 7.11 Å². The monoisotopic (exact) mass is 227 g/mol. The van der Waals surface area contributed by atoms with Gasteiger partial charge in [0.1, 0.15) is 6.10 Å². The van der Waals surface area contributed by atoms with Gasteiger partial charge in [-0.15, -0.1) is 0 Å². The third kappa shape index (κ3) is 3.95. The molecule has 3 radical (unpaired) electrons. The van der Waals surface area contributed by atoms with E-state index in [-0.39, 0.29) is 18.2 Å². The summed E-state index contributed by atoms with van der Waals surface area (Å²) in [6.07, 6.45) is 4.25. The maximum absolute atomic E-state index is 10.9. The fraction of sp³-hybridized carbons (Fsp3) is 0.909.